The van der Waals surface area contributed by atoms with E-state index in [1.54, 1.807) is 29.6 Å². The molecule has 84 valence electrons. The van der Waals surface area contributed by atoms with Crippen LogP contribution >= 0.6 is 12.2 Å². The number of benzene rings is 1. The van der Waals surface area contributed by atoms with E-state index in [1.165, 1.54) is 7.11 Å². The van der Waals surface area contributed by atoms with E-state index >= 15 is 0 Å². The SMILES string of the molecule is COC(=O)CCC(=O)c1ccc(C=S)cc1. The average molecular weight is 236 g/mol. The molecule has 0 unspecified atom stereocenters. The van der Waals surface area contributed by atoms with Gasteiger partial charge in [-0.2, -0.15) is 0 Å². The molecule has 0 aromatic heterocycles. The van der Waals surface area contributed by atoms with Crippen LogP contribution in [0.5, 0.6) is 0 Å². The Labute approximate surface area is 99.4 Å². The fourth-order valence-corrected chi connectivity index (χ4v) is 1.37. The molecule has 0 fully saturated rings. The van der Waals surface area contributed by atoms with E-state index in [0.29, 0.717) is 5.56 Å². The summed E-state index contributed by atoms with van der Waals surface area (Å²) in [5.41, 5.74) is 1.48. The van der Waals surface area contributed by atoms with Crippen LogP contribution in [0.4, 0.5) is 0 Å². The number of carbonyl (C=O) groups is 2. The van der Waals surface area contributed by atoms with Gasteiger partial charge >= 0.3 is 5.97 Å². The van der Waals surface area contributed by atoms with Crippen molar-refractivity contribution in [1.82, 2.24) is 0 Å². The Morgan fingerprint density at radius 3 is 2.38 bits per heavy atom. The van der Waals surface area contributed by atoms with Crippen LogP contribution in [0.15, 0.2) is 24.3 Å². The maximum absolute atomic E-state index is 11.6. The fraction of sp³-hybridized carbons (Fsp3) is 0.250. The molecule has 0 aliphatic carbocycles. The van der Waals surface area contributed by atoms with E-state index in [-0.39, 0.29) is 24.6 Å². The second-order valence-corrected chi connectivity index (χ2v) is 3.47. The summed E-state index contributed by atoms with van der Waals surface area (Å²) >= 11 is 4.76. The summed E-state index contributed by atoms with van der Waals surface area (Å²) in [5, 5.41) is 1.54. The zero-order valence-electron chi connectivity index (χ0n) is 8.93. The highest BCUT2D eigenvalue weighted by molar-refractivity contribution is 7.79. The lowest BCUT2D eigenvalue weighted by Crippen LogP contribution is -2.05. The number of hydrogen-bond acceptors (Lipinski definition) is 4. The van der Waals surface area contributed by atoms with Crippen LogP contribution < -0.4 is 0 Å². The molecule has 1 aromatic carbocycles. The molecule has 0 spiro atoms. The molecular weight excluding hydrogens is 224 g/mol. The molecule has 0 N–H and O–H groups in total. The number of esters is 1. The Kier molecular flexibility index (Phi) is 4.79. The number of hydrogen-bond donors (Lipinski definition) is 0. The van der Waals surface area contributed by atoms with Crippen molar-refractivity contribution in [2.24, 2.45) is 0 Å². The van der Waals surface area contributed by atoms with Crippen molar-refractivity contribution in [2.75, 3.05) is 7.11 Å². The van der Waals surface area contributed by atoms with Crippen molar-refractivity contribution in [1.29, 1.82) is 0 Å². The van der Waals surface area contributed by atoms with Gasteiger partial charge in [0.25, 0.3) is 0 Å². The lowest BCUT2D eigenvalue weighted by atomic mass is 10.1. The van der Waals surface area contributed by atoms with E-state index in [1.807, 2.05) is 0 Å². The number of methoxy groups -OCH3 is 1. The number of carbonyl (C=O) groups excluding carboxylic acids is 2. The summed E-state index contributed by atoms with van der Waals surface area (Å²) in [6.45, 7) is 0. The van der Waals surface area contributed by atoms with Gasteiger partial charge in [-0.25, -0.2) is 0 Å². The molecule has 1 aromatic rings. The quantitative estimate of drug-likeness (QED) is 0.446. The molecular formula is C12H12O3S. The number of ketones is 1. The van der Waals surface area contributed by atoms with Crippen molar-refractivity contribution in [3.8, 4) is 0 Å². The average Bonchev–Trinajstić information content (AvgIpc) is 2.35. The molecule has 0 aliphatic rings. The monoisotopic (exact) mass is 236 g/mol. The van der Waals surface area contributed by atoms with Gasteiger partial charge in [-0.3, -0.25) is 9.59 Å². The van der Waals surface area contributed by atoms with E-state index in [0.717, 1.165) is 5.56 Å². The van der Waals surface area contributed by atoms with Crippen LogP contribution in [0.1, 0.15) is 28.8 Å². The zero-order chi connectivity index (χ0) is 12.0. The first-order valence-corrected chi connectivity index (χ1v) is 5.29. The summed E-state index contributed by atoms with van der Waals surface area (Å²) in [5.74, 6) is -0.440. The first kappa shape index (κ1) is 12.5. The molecule has 0 amide bonds. The minimum Gasteiger partial charge on any atom is -0.469 e. The first-order chi connectivity index (χ1) is 7.67. The van der Waals surface area contributed by atoms with Gasteiger partial charge in [0, 0.05) is 17.4 Å². The third-order valence-electron chi connectivity index (χ3n) is 2.15. The van der Waals surface area contributed by atoms with Gasteiger partial charge in [0.2, 0.25) is 0 Å². The second kappa shape index (κ2) is 6.12. The summed E-state index contributed by atoms with van der Waals surface area (Å²) in [4.78, 5) is 22.5. The summed E-state index contributed by atoms with van der Waals surface area (Å²) in [7, 11) is 1.31. The van der Waals surface area contributed by atoms with Crippen molar-refractivity contribution >= 4 is 29.3 Å². The maximum Gasteiger partial charge on any atom is 0.305 e. The Morgan fingerprint density at radius 2 is 1.88 bits per heavy atom. The second-order valence-electron chi connectivity index (χ2n) is 3.24. The van der Waals surface area contributed by atoms with Crippen molar-refractivity contribution < 1.29 is 14.3 Å². The fourth-order valence-electron chi connectivity index (χ4n) is 1.21. The number of Topliss-reactive ketones (excluding diaryl/α,β-unsaturated/α-hetero) is 1. The van der Waals surface area contributed by atoms with Crippen molar-refractivity contribution in [3.05, 3.63) is 35.4 Å². The largest absolute Gasteiger partial charge is 0.469 e. The number of thiocarbonyl (C=S) groups is 1. The van der Waals surface area contributed by atoms with Crippen LogP contribution in [0.25, 0.3) is 0 Å². The van der Waals surface area contributed by atoms with Gasteiger partial charge in [-0.15, -0.1) is 0 Å². The Balaban J connectivity index is 2.59. The highest BCUT2D eigenvalue weighted by Crippen LogP contribution is 2.07. The molecule has 3 nitrogen and oxygen atoms in total. The third-order valence-corrected chi connectivity index (χ3v) is 2.42. The summed E-state index contributed by atoms with van der Waals surface area (Å²) in [6.07, 6.45) is 0.286. The zero-order valence-corrected chi connectivity index (χ0v) is 9.75. The third kappa shape index (κ3) is 3.55. The van der Waals surface area contributed by atoms with E-state index in [4.69, 9.17) is 12.2 Å². The minimum atomic E-state index is -0.371. The molecule has 0 saturated carbocycles. The van der Waals surface area contributed by atoms with Gasteiger partial charge in [-0.05, 0) is 5.56 Å². The first-order valence-electron chi connectivity index (χ1n) is 4.82. The predicted octanol–water partition coefficient (Wildman–Crippen LogP) is 2.17. The van der Waals surface area contributed by atoms with Gasteiger partial charge in [0.15, 0.2) is 5.78 Å². The summed E-state index contributed by atoms with van der Waals surface area (Å²) < 4.78 is 4.46. The molecule has 4 heteroatoms. The molecule has 0 saturated heterocycles. The Bertz CT molecular complexity index is 395. The smallest absolute Gasteiger partial charge is 0.305 e. The topological polar surface area (TPSA) is 43.4 Å². The molecule has 0 heterocycles. The van der Waals surface area contributed by atoms with E-state index < -0.39 is 0 Å². The highest BCUT2D eigenvalue weighted by atomic mass is 32.1. The van der Waals surface area contributed by atoms with Crippen LogP contribution in [0.3, 0.4) is 0 Å². The summed E-state index contributed by atoms with van der Waals surface area (Å²) in [6, 6.07) is 6.96. The van der Waals surface area contributed by atoms with Crippen LogP contribution in [0.2, 0.25) is 0 Å². The van der Waals surface area contributed by atoms with Crippen molar-refractivity contribution in [3.63, 3.8) is 0 Å². The molecule has 0 atom stereocenters. The maximum atomic E-state index is 11.6. The molecule has 16 heavy (non-hydrogen) atoms. The number of rotatable bonds is 5. The van der Waals surface area contributed by atoms with Gasteiger partial charge in [0.1, 0.15) is 0 Å². The van der Waals surface area contributed by atoms with Gasteiger partial charge < -0.3 is 4.74 Å². The molecule has 0 bridgehead atoms. The van der Waals surface area contributed by atoms with E-state index in [9.17, 15) is 9.59 Å². The van der Waals surface area contributed by atoms with Crippen LogP contribution in [-0.2, 0) is 9.53 Å². The minimum absolute atomic E-state index is 0.0682. The molecule has 1 rings (SSSR count). The Hall–Kier alpha value is -1.55. The lowest BCUT2D eigenvalue weighted by Gasteiger charge is -2.00. The lowest BCUT2D eigenvalue weighted by molar-refractivity contribution is -0.140. The predicted molar refractivity (Wildman–Crippen MR) is 64.8 cm³/mol. The van der Waals surface area contributed by atoms with Crippen molar-refractivity contribution in [2.45, 2.75) is 12.8 Å². The Morgan fingerprint density at radius 1 is 1.25 bits per heavy atom. The number of ether oxygens (including phenoxy) is 1. The standard InChI is InChI=1S/C12H12O3S/c1-15-12(14)7-6-11(13)10-4-2-9(8-16)3-5-10/h2-5,8H,6-7H2,1H3. The highest BCUT2D eigenvalue weighted by Gasteiger charge is 2.08. The van der Waals surface area contributed by atoms with Gasteiger partial charge in [0.05, 0.1) is 13.5 Å². The van der Waals surface area contributed by atoms with Crippen LogP contribution in [0, 0.1) is 0 Å². The normalized spacial score (nSPS) is 9.56. The molecule has 0 radical (unpaired) electrons. The van der Waals surface area contributed by atoms with E-state index in [2.05, 4.69) is 4.74 Å². The van der Waals surface area contributed by atoms with Crippen LogP contribution in [-0.4, -0.2) is 24.2 Å². The molecule has 0 aliphatic heterocycles. The van der Waals surface area contributed by atoms with Gasteiger partial charge in [-0.1, -0.05) is 36.5 Å².